The van der Waals surface area contributed by atoms with E-state index >= 15 is 0 Å². The highest BCUT2D eigenvalue weighted by Gasteiger charge is 2.37. The Kier molecular flexibility index (Phi) is 3.83. The molecule has 0 saturated heterocycles. The van der Waals surface area contributed by atoms with Crippen LogP contribution < -0.4 is 0 Å². The Bertz CT molecular complexity index is 1000. The molecule has 1 aromatic carbocycles. The maximum Gasteiger partial charge on any atom is 0.264 e. The van der Waals surface area contributed by atoms with E-state index < -0.39 is 0 Å². The summed E-state index contributed by atoms with van der Waals surface area (Å²) in [5, 5.41) is 6.39. The maximum atomic E-state index is 13.2. The summed E-state index contributed by atoms with van der Waals surface area (Å²) in [7, 11) is 0. The molecule has 2 heterocycles. The lowest BCUT2D eigenvalue weighted by atomic mass is 10.2. The predicted molar refractivity (Wildman–Crippen MR) is 105 cm³/mol. The molecule has 4 nitrogen and oxygen atoms in total. The van der Waals surface area contributed by atoms with Crippen molar-refractivity contribution in [2.75, 3.05) is 6.54 Å². The fourth-order valence-electron chi connectivity index (χ4n) is 3.44. The molecule has 1 amide bonds. The van der Waals surface area contributed by atoms with Crippen molar-refractivity contribution < 1.29 is 4.79 Å². The molecule has 2 aliphatic carbocycles. The zero-order chi connectivity index (χ0) is 17.8. The molecule has 6 heteroatoms. The van der Waals surface area contributed by atoms with Gasteiger partial charge in [-0.1, -0.05) is 17.7 Å². The highest BCUT2D eigenvalue weighted by Crippen LogP contribution is 2.38. The SMILES string of the molecule is Cc1nn(-c2cccc(Cl)c2)c2sc(C(=O)N(CC3CC3)C3CC3)cc12. The quantitative estimate of drug-likeness (QED) is 0.615. The summed E-state index contributed by atoms with van der Waals surface area (Å²) in [6, 6.07) is 10.1. The van der Waals surface area contributed by atoms with Gasteiger partial charge >= 0.3 is 0 Å². The number of benzene rings is 1. The van der Waals surface area contributed by atoms with Gasteiger partial charge in [0.25, 0.3) is 5.91 Å². The second-order valence-electron chi connectivity index (χ2n) is 7.44. The summed E-state index contributed by atoms with van der Waals surface area (Å²) in [4.78, 5) is 17.1. The summed E-state index contributed by atoms with van der Waals surface area (Å²) in [6.45, 7) is 2.92. The van der Waals surface area contributed by atoms with Crippen molar-refractivity contribution in [3.63, 3.8) is 0 Å². The van der Waals surface area contributed by atoms with Crippen LogP contribution in [0.3, 0.4) is 0 Å². The Labute approximate surface area is 161 Å². The number of amides is 1. The number of nitrogens with zero attached hydrogens (tertiary/aromatic N) is 3. The molecule has 0 atom stereocenters. The van der Waals surface area contributed by atoms with Crippen molar-refractivity contribution in [2.24, 2.45) is 5.92 Å². The van der Waals surface area contributed by atoms with Gasteiger partial charge in [-0.05, 0) is 62.8 Å². The third-order valence-electron chi connectivity index (χ3n) is 5.21. The molecule has 26 heavy (non-hydrogen) atoms. The number of carbonyl (C=O) groups excluding carboxylic acids is 1. The van der Waals surface area contributed by atoms with Crippen LogP contribution in [0.25, 0.3) is 15.9 Å². The molecule has 0 spiro atoms. The van der Waals surface area contributed by atoms with Crippen LogP contribution >= 0.6 is 22.9 Å². The predicted octanol–water partition coefficient (Wildman–Crippen LogP) is 5.06. The van der Waals surface area contributed by atoms with Crippen molar-refractivity contribution in [3.05, 3.63) is 45.9 Å². The van der Waals surface area contributed by atoms with Crippen LogP contribution in [0.15, 0.2) is 30.3 Å². The zero-order valence-corrected chi connectivity index (χ0v) is 16.2. The first-order valence-electron chi connectivity index (χ1n) is 9.16. The van der Waals surface area contributed by atoms with Gasteiger partial charge in [0.1, 0.15) is 4.83 Å². The average molecular weight is 386 g/mol. The Morgan fingerprint density at radius 2 is 2.12 bits per heavy atom. The molecular formula is C20H20ClN3OS. The van der Waals surface area contributed by atoms with E-state index in [1.165, 1.54) is 12.8 Å². The standard InChI is InChI=1S/C20H20ClN3OS/c1-12-17-10-18(19(25)23(15-7-8-15)11-13-5-6-13)26-20(17)24(22-12)16-4-2-3-14(21)9-16/h2-4,9-10,13,15H,5-8,11H2,1H3. The van der Waals surface area contributed by atoms with Gasteiger partial charge in [0.15, 0.2) is 0 Å². The lowest BCUT2D eigenvalue weighted by molar-refractivity contribution is 0.0740. The first kappa shape index (κ1) is 16.3. The van der Waals surface area contributed by atoms with E-state index in [1.807, 2.05) is 41.9 Å². The number of thiophene rings is 1. The lowest BCUT2D eigenvalue weighted by Crippen LogP contribution is -2.34. The summed E-state index contributed by atoms with van der Waals surface area (Å²) in [5.41, 5.74) is 1.86. The smallest absolute Gasteiger partial charge is 0.264 e. The van der Waals surface area contributed by atoms with Crippen molar-refractivity contribution in [2.45, 2.75) is 38.6 Å². The van der Waals surface area contributed by atoms with E-state index in [0.717, 1.165) is 51.8 Å². The Hall–Kier alpha value is -1.85. The van der Waals surface area contributed by atoms with Crippen molar-refractivity contribution in [1.29, 1.82) is 0 Å². The van der Waals surface area contributed by atoms with Crippen molar-refractivity contribution in [3.8, 4) is 5.69 Å². The molecular weight excluding hydrogens is 366 g/mol. The number of fused-ring (bicyclic) bond motifs is 1. The molecule has 0 bridgehead atoms. The minimum atomic E-state index is 0.192. The molecule has 134 valence electrons. The average Bonchev–Trinajstić information content (AvgIpc) is 3.53. The van der Waals surface area contributed by atoms with Crippen molar-refractivity contribution in [1.82, 2.24) is 14.7 Å². The highest BCUT2D eigenvalue weighted by atomic mass is 35.5. The van der Waals surface area contributed by atoms with Crippen LogP contribution in [0.1, 0.15) is 41.0 Å². The van der Waals surface area contributed by atoms with E-state index in [2.05, 4.69) is 10.00 Å². The maximum absolute atomic E-state index is 13.2. The van der Waals surface area contributed by atoms with E-state index in [1.54, 1.807) is 11.3 Å². The van der Waals surface area contributed by atoms with Crippen LogP contribution in [-0.4, -0.2) is 33.2 Å². The Balaban J connectivity index is 1.53. The van der Waals surface area contributed by atoms with Gasteiger partial charge < -0.3 is 4.90 Å². The molecule has 0 N–H and O–H groups in total. The number of halogens is 1. The third-order valence-corrected chi connectivity index (χ3v) is 6.54. The Morgan fingerprint density at radius 1 is 1.31 bits per heavy atom. The first-order chi connectivity index (χ1) is 12.6. The molecule has 2 aromatic heterocycles. The molecule has 0 aliphatic heterocycles. The third kappa shape index (κ3) is 2.93. The van der Waals surface area contributed by atoms with Gasteiger partial charge in [-0.3, -0.25) is 4.79 Å². The Morgan fingerprint density at radius 3 is 2.81 bits per heavy atom. The monoisotopic (exact) mass is 385 g/mol. The van der Waals surface area contributed by atoms with Crippen LogP contribution in [0, 0.1) is 12.8 Å². The number of hydrogen-bond acceptors (Lipinski definition) is 3. The van der Waals surface area contributed by atoms with Gasteiger partial charge in [-0.2, -0.15) is 5.10 Å². The minimum absolute atomic E-state index is 0.192. The normalized spacial score (nSPS) is 17.0. The van der Waals surface area contributed by atoms with E-state index in [4.69, 9.17) is 11.6 Å². The zero-order valence-electron chi connectivity index (χ0n) is 14.6. The molecule has 0 radical (unpaired) electrons. The summed E-state index contributed by atoms with van der Waals surface area (Å²) >= 11 is 7.69. The summed E-state index contributed by atoms with van der Waals surface area (Å²) in [5.74, 6) is 0.912. The molecule has 5 rings (SSSR count). The number of aromatic nitrogens is 2. The fraction of sp³-hybridized carbons (Fsp3) is 0.400. The summed E-state index contributed by atoms with van der Waals surface area (Å²) in [6.07, 6.45) is 4.84. The van der Waals surface area contributed by atoms with Gasteiger partial charge in [-0.25, -0.2) is 4.68 Å². The fourth-order valence-corrected chi connectivity index (χ4v) is 4.76. The van der Waals surface area contributed by atoms with Crippen LogP contribution in [0.5, 0.6) is 0 Å². The number of aryl methyl sites for hydroxylation is 1. The van der Waals surface area contributed by atoms with Crippen LogP contribution in [-0.2, 0) is 0 Å². The van der Waals surface area contributed by atoms with Crippen molar-refractivity contribution >= 4 is 39.1 Å². The molecule has 2 saturated carbocycles. The van der Waals surface area contributed by atoms with E-state index in [9.17, 15) is 4.79 Å². The second-order valence-corrected chi connectivity index (χ2v) is 8.91. The van der Waals surface area contributed by atoms with Gasteiger partial charge in [0.05, 0.1) is 16.3 Å². The number of carbonyl (C=O) groups is 1. The van der Waals surface area contributed by atoms with E-state index in [-0.39, 0.29) is 5.91 Å². The van der Waals surface area contributed by atoms with Crippen LogP contribution in [0.2, 0.25) is 5.02 Å². The molecule has 3 aromatic rings. The lowest BCUT2D eigenvalue weighted by Gasteiger charge is -2.21. The minimum Gasteiger partial charge on any atom is -0.335 e. The van der Waals surface area contributed by atoms with Crippen LogP contribution in [0.4, 0.5) is 0 Å². The van der Waals surface area contributed by atoms with Gasteiger partial charge in [0.2, 0.25) is 0 Å². The topological polar surface area (TPSA) is 38.1 Å². The molecule has 2 fully saturated rings. The van der Waals surface area contributed by atoms with E-state index in [0.29, 0.717) is 11.1 Å². The van der Waals surface area contributed by atoms with Gasteiger partial charge in [0, 0.05) is 23.0 Å². The number of hydrogen-bond donors (Lipinski definition) is 0. The second kappa shape index (κ2) is 6.10. The molecule has 2 aliphatic rings. The highest BCUT2D eigenvalue weighted by molar-refractivity contribution is 7.20. The first-order valence-corrected chi connectivity index (χ1v) is 10.4. The summed E-state index contributed by atoms with van der Waals surface area (Å²) < 4.78 is 1.90. The molecule has 0 unspecified atom stereocenters. The van der Waals surface area contributed by atoms with Gasteiger partial charge in [-0.15, -0.1) is 11.3 Å². The largest absolute Gasteiger partial charge is 0.335 e. The number of rotatable bonds is 5.